The lowest BCUT2D eigenvalue weighted by atomic mass is 9.64. The molecule has 1 aliphatic carbocycles. The normalized spacial score (nSPS) is 14.7. The minimum Gasteiger partial charge on any atom is -0.325 e. The second kappa shape index (κ2) is 9.02. The maximum absolute atomic E-state index is 13.3. The van der Waals surface area contributed by atoms with Crippen molar-refractivity contribution in [2.45, 2.75) is 36.5 Å². The molecule has 0 spiro atoms. The molecule has 4 rings (SSSR count). The van der Waals surface area contributed by atoms with Gasteiger partial charge in [0.15, 0.2) is 9.84 Å². The first-order valence-electron chi connectivity index (χ1n) is 10.9. The van der Waals surface area contributed by atoms with E-state index >= 15 is 0 Å². The summed E-state index contributed by atoms with van der Waals surface area (Å²) in [5, 5.41) is 5.75. The van der Waals surface area contributed by atoms with Crippen LogP contribution in [0, 0.1) is 12.7 Å². The summed E-state index contributed by atoms with van der Waals surface area (Å²) in [6.45, 7) is 1.80. The molecule has 0 atom stereocenters. The van der Waals surface area contributed by atoms with Gasteiger partial charge in [-0.05, 0) is 79.4 Å². The van der Waals surface area contributed by atoms with Gasteiger partial charge in [0.25, 0.3) is 5.91 Å². The third kappa shape index (κ3) is 4.72. The molecule has 0 saturated heterocycles. The second-order valence-corrected chi connectivity index (χ2v) is 10.7. The fourth-order valence-electron chi connectivity index (χ4n) is 4.14. The van der Waals surface area contributed by atoms with Gasteiger partial charge in [0.05, 0.1) is 10.3 Å². The molecule has 0 heterocycles. The van der Waals surface area contributed by atoms with Gasteiger partial charge in [-0.1, -0.05) is 24.6 Å². The molecule has 0 bridgehead atoms. The Morgan fingerprint density at radius 2 is 1.65 bits per heavy atom. The number of anilines is 2. The van der Waals surface area contributed by atoms with E-state index in [0.29, 0.717) is 24.2 Å². The fourth-order valence-corrected chi connectivity index (χ4v) is 4.81. The van der Waals surface area contributed by atoms with Gasteiger partial charge in [-0.25, -0.2) is 12.8 Å². The molecule has 2 N–H and O–H groups in total. The number of amides is 2. The van der Waals surface area contributed by atoms with Gasteiger partial charge in [0, 0.05) is 23.2 Å². The molecular weight excluding hydrogens is 455 g/mol. The van der Waals surface area contributed by atoms with Crippen LogP contribution in [-0.2, 0) is 20.0 Å². The Morgan fingerprint density at radius 1 is 0.941 bits per heavy atom. The summed E-state index contributed by atoms with van der Waals surface area (Å²) in [6, 6.07) is 17.1. The van der Waals surface area contributed by atoms with Crippen molar-refractivity contribution in [2.24, 2.45) is 0 Å². The zero-order valence-corrected chi connectivity index (χ0v) is 19.7. The molecule has 1 aliphatic rings. The largest absolute Gasteiger partial charge is 0.325 e. The summed E-state index contributed by atoms with van der Waals surface area (Å²) in [4.78, 5) is 25.9. The molecule has 3 aromatic carbocycles. The first-order valence-corrected chi connectivity index (χ1v) is 12.8. The van der Waals surface area contributed by atoms with Crippen LogP contribution in [0.15, 0.2) is 71.6 Å². The van der Waals surface area contributed by atoms with Crippen molar-refractivity contribution in [3.63, 3.8) is 0 Å². The van der Waals surface area contributed by atoms with E-state index in [2.05, 4.69) is 10.6 Å². The van der Waals surface area contributed by atoms with E-state index in [1.807, 2.05) is 0 Å². The number of sulfone groups is 1. The van der Waals surface area contributed by atoms with Crippen LogP contribution in [0.1, 0.15) is 40.7 Å². The zero-order chi connectivity index (χ0) is 24.5. The molecule has 0 radical (unpaired) electrons. The number of halogens is 1. The monoisotopic (exact) mass is 480 g/mol. The minimum absolute atomic E-state index is 0.0704. The van der Waals surface area contributed by atoms with Crippen LogP contribution in [0.3, 0.4) is 0 Å². The topological polar surface area (TPSA) is 92.3 Å². The van der Waals surface area contributed by atoms with Gasteiger partial charge < -0.3 is 10.6 Å². The molecular formula is C26H25FN2O4S. The Labute approximate surface area is 198 Å². The van der Waals surface area contributed by atoms with Crippen LogP contribution < -0.4 is 10.6 Å². The van der Waals surface area contributed by atoms with Gasteiger partial charge in [-0.15, -0.1) is 0 Å². The average Bonchev–Trinajstić information content (AvgIpc) is 2.75. The van der Waals surface area contributed by atoms with Crippen LogP contribution >= 0.6 is 0 Å². The molecule has 176 valence electrons. The molecule has 0 aliphatic heterocycles. The molecule has 1 saturated carbocycles. The number of hydrogen-bond acceptors (Lipinski definition) is 4. The van der Waals surface area contributed by atoms with E-state index in [-0.39, 0.29) is 22.2 Å². The summed E-state index contributed by atoms with van der Waals surface area (Å²) in [5.74, 6) is -0.913. The summed E-state index contributed by atoms with van der Waals surface area (Å²) < 4.78 is 36.9. The Morgan fingerprint density at radius 3 is 2.24 bits per heavy atom. The number of rotatable bonds is 6. The fraction of sp³-hybridized carbons (Fsp3) is 0.231. The molecule has 1 fully saturated rings. The van der Waals surface area contributed by atoms with Crippen molar-refractivity contribution in [2.75, 3.05) is 16.9 Å². The number of nitrogens with one attached hydrogen (secondary N) is 2. The van der Waals surface area contributed by atoms with Crippen molar-refractivity contribution in [1.82, 2.24) is 0 Å². The summed E-state index contributed by atoms with van der Waals surface area (Å²) >= 11 is 0. The van der Waals surface area contributed by atoms with Gasteiger partial charge >= 0.3 is 0 Å². The van der Waals surface area contributed by atoms with Crippen LogP contribution in [0.4, 0.5) is 15.8 Å². The predicted molar refractivity (Wildman–Crippen MR) is 129 cm³/mol. The molecule has 8 heteroatoms. The first-order chi connectivity index (χ1) is 16.1. The summed E-state index contributed by atoms with van der Waals surface area (Å²) in [6.07, 6.45) is 3.41. The van der Waals surface area contributed by atoms with Gasteiger partial charge in [-0.2, -0.15) is 0 Å². The first kappa shape index (κ1) is 23.6. The van der Waals surface area contributed by atoms with E-state index in [1.165, 1.54) is 30.3 Å². The number of carbonyl (C=O) groups excluding carboxylic acids is 2. The van der Waals surface area contributed by atoms with Crippen LogP contribution in [0.2, 0.25) is 0 Å². The maximum Gasteiger partial charge on any atom is 0.255 e. The third-order valence-electron chi connectivity index (χ3n) is 6.30. The van der Waals surface area contributed by atoms with Gasteiger partial charge in [-0.3, -0.25) is 9.59 Å². The van der Waals surface area contributed by atoms with E-state index < -0.39 is 21.2 Å². The molecule has 6 nitrogen and oxygen atoms in total. The lowest BCUT2D eigenvalue weighted by molar-refractivity contribution is -0.124. The lowest BCUT2D eigenvalue weighted by Crippen LogP contribution is -2.46. The van der Waals surface area contributed by atoms with Crippen molar-refractivity contribution < 1.29 is 22.4 Å². The second-order valence-electron chi connectivity index (χ2n) is 8.68. The highest BCUT2D eigenvalue weighted by molar-refractivity contribution is 7.90. The average molecular weight is 481 g/mol. The smallest absolute Gasteiger partial charge is 0.255 e. The minimum atomic E-state index is -3.43. The van der Waals surface area contributed by atoms with Crippen LogP contribution in [0.25, 0.3) is 0 Å². The van der Waals surface area contributed by atoms with Crippen LogP contribution in [0.5, 0.6) is 0 Å². The van der Waals surface area contributed by atoms with E-state index in [4.69, 9.17) is 0 Å². The van der Waals surface area contributed by atoms with E-state index in [0.717, 1.165) is 23.8 Å². The van der Waals surface area contributed by atoms with Crippen molar-refractivity contribution in [3.8, 4) is 0 Å². The lowest BCUT2D eigenvalue weighted by Gasteiger charge is -2.40. The van der Waals surface area contributed by atoms with Crippen molar-refractivity contribution in [1.29, 1.82) is 0 Å². The summed E-state index contributed by atoms with van der Waals surface area (Å²) in [7, 11) is -3.43. The molecule has 3 aromatic rings. The highest BCUT2D eigenvalue weighted by Crippen LogP contribution is 2.44. The molecule has 0 aromatic heterocycles. The Balaban J connectivity index is 1.49. The number of carbonyl (C=O) groups is 2. The number of hydrogen-bond donors (Lipinski definition) is 2. The summed E-state index contributed by atoms with van der Waals surface area (Å²) in [5.41, 5.74) is 2.23. The Bertz CT molecular complexity index is 1360. The standard InChI is InChI=1S/C26H25FN2O4S/c1-17-15-21(28-25(31)26(13-4-14-26)19-7-9-20(27)10-8-19)11-12-23(17)29-24(30)18-5-3-6-22(16-18)34(2,32)33/h3,5-12,15-16H,4,13-14H2,1-2H3,(H,28,31)(H,29,30). The highest BCUT2D eigenvalue weighted by atomic mass is 32.2. The van der Waals surface area contributed by atoms with Crippen molar-refractivity contribution >= 4 is 33.0 Å². The third-order valence-corrected chi connectivity index (χ3v) is 7.41. The van der Waals surface area contributed by atoms with Gasteiger partial charge in [0.1, 0.15) is 5.82 Å². The highest BCUT2D eigenvalue weighted by Gasteiger charge is 2.45. The molecule has 0 unspecified atom stereocenters. The molecule has 2 amide bonds. The van der Waals surface area contributed by atoms with Crippen molar-refractivity contribution in [3.05, 3.63) is 89.2 Å². The quantitative estimate of drug-likeness (QED) is 0.528. The molecule has 34 heavy (non-hydrogen) atoms. The predicted octanol–water partition coefficient (Wildman–Crippen LogP) is 4.85. The van der Waals surface area contributed by atoms with E-state index in [1.54, 1.807) is 43.3 Å². The Hall–Kier alpha value is -3.52. The zero-order valence-electron chi connectivity index (χ0n) is 18.9. The Kier molecular flexibility index (Phi) is 6.27. The maximum atomic E-state index is 13.3. The SMILES string of the molecule is Cc1cc(NC(=O)C2(c3ccc(F)cc3)CCC2)ccc1NC(=O)c1cccc(S(C)(=O)=O)c1. The number of aryl methyl sites for hydroxylation is 1. The van der Waals surface area contributed by atoms with Gasteiger partial charge in [0.2, 0.25) is 5.91 Å². The number of benzene rings is 3. The van der Waals surface area contributed by atoms with Crippen LogP contribution in [-0.4, -0.2) is 26.5 Å². The van der Waals surface area contributed by atoms with E-state index in [9.17, 15) is 22.4 Å².